The second-order valence-electron chi connectivity index (χ2n) is 7.32. The van der Waals surface area contributed by atoms with Crippen LogP contribution in [0.15, 0.2) is 65.1 Å². The Labute approximate surface area is 200 Å². The average molecular weight is 518 g/mol. The number of amides is 1. The lowest BCUT2D eigenvalue weighted by molar-refractivity contribution is -0.141. The number of esters is 1. The van der Waals surface area contributed by atoms with Crippen LogP contribution in [0.2, 0.25) is 0 Å². The van der Waals surface area contributed by atoms with E-state index in [0.717, 1.165) is 15.4 Å². The van der Waals surface area contributed by atoms with E-state index in [1.165, 1.54) is 0 Å². The number of rotatable bonds is 8. The van der Waals surface area contributed by atoms with Gasteiger partial charge in [-0.25, -0.2) is 4.79 Å². The molecule has 0 saturated heterocycles. The second-order valence-corrected chi connectivity index (χ2v) is 8.55. The molecule has 0 heterocycles. The number of halogens is 1. The summed E-state index contributed by atoms with van der Waals surface area (Å²) in [6.45, 7) is 2.11. The smallest absolute Gasteiger partial charge is 0.412 e. The number of carbonyl (C=O) groups excluding carboxylic acids is 2. The molecule has 0 aromatic heterocycles. The molecule has 3 aromatic carbocycles. The highest BCUT2D eigenvalue weighted by Gasteiger charge is 2.26. The van der Waals surface area contributed by atoms with Crippen molar-refractivity contribution in [3.8, 4) is 5.75 Å². The molecular weight excluding hydrogens is 494 g/mol. The lowest BCUT2D eigenvalue weighted by atomic mass is 9.90. The van der Waals surface area contributed by atoms with Crippen LogP contribution in [0.5, 0.6) is 5.75 Å². The molecule has 2 N–H and O–H groups in total. The quantitative estimate of drug-likeness (QED) is 0.248. The van der Waals surface area contributed by atoms with Crippen molar-refractivity contribution in [2.45, 2.75) is 19.4 Å². The monoisotopic (exact) mass is 517 g/mol. The van der Waals surface area contributed by atoms with E-state index in [9.17, 15) is 14.7 Å². The van der Waals surface area contributed by atoms with Crippen LogP contribution in [-0.4, -0.2) is 29.5 Å². The number of hydrogen-bond acceptors (Lipinski definition) is 6. The molecule has 8 heteroatoms. The Hall–Kier alpha value is -2.71. The van der Waals surface area contributed by atoms with Gasteiger partial charge in [0.15, 0.2) is 0 Å². The van der Waals surface area contributed by atoms with E-state index in [1.54, 1.807) is 24.3 Å². The van der Waals surface area contributed by atoms with E-state index in [-0.39, 0.29) is 24.0 Å². The third-order valence-corrected chi connectivity index (χ3v) is 5.83. The van der Waals surface area contributed by atoms with Crippen molar-refractivity contribution < 1.29 is 24.2 Å². The van der Waals surface area contributed by atoms with Crippen LogP contribution in [0.1, 0.15) is 25.0 Å². The number of thiol groups is 1. The molecule has 0 aliphatic carbocycles. The van der Waals surface area contributed by atoms with Crippen molar-refractivity contribution in [3.05, 3.63) is 70.7 Å². The molecule has 0 fully saturated rings. The molecule has 0 aliphatic heterocycles. The van der Waals surface area contributed by atoms with E-state index >= 15 is 0 Å². The summed E-state index contributed by atoms with van der Waals surface area (Å²) in [5, 5.41) is 14.4. The first-order valence-electron chi connectivity index (χ1n) is 10.1. The topological polar surface area (TPSA) is 84.9 Å². The highest BCUT2D eigenvalue weighted by molar-refractivity contribution is 9.10. The number of hydrogen-bond donors (Lipinski definition) is 3. The van der Waals surface area contributed by atoms with Gasteiger partial charge in [-0.15, -0.1) is 0 Å². The van der Waals surface area contributed by atoms with Gasteiger partial charge in [0, 0.05) is 27.0 Å². The molecule has 6 nitrogen and oxygen atoms in total. The molecule has 2 atom stereocenters. The number of ether oxygens (including phenoxy) is 2. The van der Waals surface area contributed by atoms with Gasteiger partial charge in [0.05, 0.1) is 12.4 Å². The van der Waals surface area contributed by atoms with E-state index < -0.39 is 18.2 Å². The Kier molecular flexibility index (Phi) is 8.41. The molecule has 0 aliphatic rings. The average Bonchev–Trinajstić information content (AvgIpc) is 2.79. The Balaban J connectivity index is 1.86. The van der Waals surface area contributed by atoms with E-state index in [0.29, 0.717) is 17.5 Å². The van der Waals surface area contributed by atoms with Gasteiger partial charge in [-0.3, -0.25) is 10.1 Å². The van der Waals surface area contributed by atoms with Crippen molar-refractivity contribution in [2.75, 3.05) is 17.7 Å². The maximum atomic E-state index is 12.7. The van der Waals surface area contributed by atoms with Crippen molar-refractivity contribution >= 4 is 57.1 Å². The number of anilines is 1. The molecule has 3 rings (SSSR count). The van der Waals surface area contributed by atoms with Crippen molar-refractivity contribution in [1.29, 1.82) is 0 Å². The fraction of sp³-hybridized carbons (Fsp3) is 0.250. The number of fused-ring (bicyclic) bond motifs is 1. The maximum absolute atomic E-state index is 12.7. The van der Waals surface area contributed by atoms with E-state index in [1.807, 2.05) is 43.3 Å². The van der Waals surface area contributed by atoms with Crippen molar-refractivity contribution in [2.24, 2.45) is 5.92 Å². The minimum atomic E-state index is -0.634. The zero-order valence-corrected chi connectivity index (χ0v) is 19.9. The first kappa shape index (κ1) is 23.9. The number of phenols is 1. The highest BCUT2D eigenvalue weighted by Crippen LogP contribution is 2.37. The van der Waals surface area contributed by atoms with Crippen LogP contribution in [-0.2, 0) is 14.3 Å². The normalized spacial score (nSPS) is 12.7. The Morgan fingerprint density at radius 3 is 2.44 bits per heavy atom. The van der Waals surface area contributed by atoms with Crippen LogP contribution >= 0.6 is 28.6 Å². The Morgan fingerprint density at radius 2 is 1.75 bits per heavy atom. The van der Waals surface area contributed by atoms with Crippen LogP contribution in [0, 0.1) is 5.92 Å². The third kappa shape index (κ3) is 6.17. The lowest BCUT2D eigenvalue weighted by Gasteiger charge is -2.26. The molecule has 32 heavy (non-hydrogen) atoms. The molecule has 3 aromatic rings. The number of aromatic hydroxyl groups is 1. The molecule has 1 amide bonds. The second kappa shape index (κ2) is 11.2. The summed E-state index contributed by atoms with van der Waals surface area (Å²) in [7, 11) is 0. The molecule has 0 radical (unpaired) electrons. The van der Waals surface area contributed by atoms with E-state index in [2.05, 4.69) is 33.9 Å². The van der Waals surface area contributed by atoms with Gasteiger partial charge in [0.2, 0.25) is 0 Å². The van der Waals surface area contributed by atoms with Crippen LogP contribution in [0.3, 0.4) is 0 Å². The first-order chi connectivity index (χ1) is 15.4. The van der Waals surface area contributed by atoms with Gasteiger partial charge in [0.25, 0.3) is 0 Å². The lowest BCUT2D eigenvalue weighted by Crippen LogP contribution is -2.23. The molecular formula is C24H24BrNO5S. The summed E-state index contributed by atoms with van der Waals surface area (Å²) in [6, 6.07) is 17.9. The molecule has 0 spiro atoms. The summed E-state index contributed by atoms with van der Waals surface area (Å²) >= 11 is 7.27. The van der Waals surface area contributed by atoms with Gasteiger partial charge in [0.1, 0.15) is 11.9 Å². The first-order valence-corrected chi connectivity index (χ1v) is 11.5. The summed E-state index contributed by atoms with van der Waals surface area (Å²) in [5.41, 5.74) is 1.36. The zero-order chi connectivity index (χ0) is 23.1. The predicted octanol–water partition coefficient (Wildman–Crippen LogP) is 6.10. The number of phenolic OH excluding ortho intramolecular Hbond substituents is 1. The van der Waals surface area contributed by atoms with Crippen LogP contribution in [0.4, 0.5) is 10.5 Å². The van der Waals surface area contributed by atoms with Gasteiger partial charge < -0.3 is 14.6 Å². The fourth-order valence-corrected chi connectivity index (χ4v) is 3.75. The van der Waals surface area contributed by atoms with Crippen LogP contribution < -0.4 is 5.32 Å². The summed E-state index contributed by atoms with van der Waals surface area (Å²) in [6.07, 6.45) is -0.760. The van der Waals surface area contributed by atoms with Gasteiger partial charge in [-0.05, 0) is 42.1 Å². The SMILES string of the molecule is C[C@@H](CCOC(=O)CS)[C@H](OC(=O)Nc1ccc(Br)cc1)c1ccc(O)c2ccccc12. The predicted molar refractivity (Wildman–Crippen MR) is 131 cm³/mol. The van der Waals surface area contributed by atoms with Gasteiger partial charge in [-0.1, -0.05) is 53.2 Å². The summed E-state index contributed by atoms with van der Waals surface area (Å²) in [5.74, 6) is -0.419. The number of carbonyl (C=O) groups is 2. The molecule has 0 bridgehead atoms. The third-order valence-electron chi connectivity index (χ3n) is 5.05. The van der Waals surface area contributed by atoms with Crippen LogP contribution in [0.25, 0.3) is 10.8 Å². The fourth-order valence-electron chi connectivity index (χ4n) is 3.39. The number of benzene rings is 3. The minimum Gasteiger partial charge on any atom is -0.507 e. The van der Waals surface area contributed by atoms with Gasteiger partial charge >= 0.3 is 12.1 Å². The standard InChI is InChI=1S/C24H24BrNO5S/c1-15(12-13-30-22(28)14-32)23(31-24(29)26-17-8-6-16(25)7-9-17)20-10-11-21(27)19-5-3-2-4-18(19)20/h2-11,15,23,27,32H,12-14H2,1H3,(H,26,29)/t15-,23-/m0/s1. The zero-order valence-electron chi connectivity index (χ0n) is 17.5. The van der Waals surface area contributed by atoms with E-state index in [4.69, 9.17) is 9.47 Å². The highest BCUT2D eigenvalue weighted by atomic mass is 79.9. The summed E-state index contributed by atoms with van der Waals surface area (Å²) in [4.78, 5) is 24.2. The maximum Gasteiger partial charge on any atom is 0.412 e. The Morgan fingerprint density at radius 1 is 1.06 bits per heavy atom. The van der Waals surface area contributed by atoms with Crippen molar-refractivity contribution in [3.63, 3.8) is 0 Å². The Bertz CT molecular complexity index is 1090. The number of nitrogens with one attached hydrogen (secondary N) is 1. The molecule has 0 saturated carbocycles. The molecule has 0 unspecified atom stereocenters. The minimum absolute atomic E-state index is 0.00645. The molecule has 168 valence electrons. The largest absolute Gasteiger partial charge is 0.507 e. The van der Waals surface area contributed by atoms with Crippen molar-refractivity contribution in [1.82, 2.24) is 0 Å². The van der Waals surface area contributed by atoms with Gasteiger partial charge in [-0.2, -0.15) is 12.6 Å². The summed E-state index contributed by atoms with van der Waals surface area (Å²) < 4.78 is 11.9.